The van der Waals surface area contributed by atoms with Crippen molar-refractivity contribution in [3.8, 4) is 11.5 Å². The van der Waals surface area contributed by atoms with Crippen LogP contribution < -0.4 is 15.4 Å². The zero-order valence-electron chi connectivity index (χ0n) is 19.2. The molecule has 2 aromatic rings. The summed E-state index contributed by atoms with van der Waals surface area (Å²) in [6, 6.07) is 16.1. The third-order valence-electron chi connectivity index (χ3n) is 5.45. The highest BCUT2D eigenvalue weighted by molar-refractivity contribution is 14.0. The number of nitrogens with one attached hydrogen (secondary N) is 2. The molecule has 0 aliphatic carbocycles. The Balaban J connectivity index is 0.00000363. The predicted molar refractivity (Wildman–Crippen MR) is 142 cm³/mol. The summed E-state index contributed by atoms with van der Waals surface area (Å²) in [4.78, 5) is 7.21. The maximum Gasteiger partial charge on any atom is 0.191 e. The predicted octanol–water partition coefficient (Wildman–Crippen LogP) is 4.31. The number of hydrogen-bond acceptors (Lipinski definition) is 4. The molecule has 32 heavy (non-hydrogen) atoms. The standard InChI is InChI=1S/C25H36N4O2.HI/c1-3-26-25(27-14-7-15-29-16-12-22(30)13-17-29)28-19-21-11-10-20(2)18-24(21)31-23-8-5-4-6-9-23;/h4-6,8-11,18,22,30H,3,7,12-17,19H2,1-2H3,(H2,26,27,28);1H. The lowest BCUT2D eigenvalue weighted by Gasteiger charge is -2.29. The Morgan fingerprint density at radius 1 is 1.12 bits per heavy atom. The second-order valence-electron chi connectivity index (χ2n) is 8.07. The van der Waals surface area contributed by atoms with Crippen molar-refractivity contribution in [3.05, 3.63) is 59.7 Å². The van der Waals surface area contributed by atoms with E-state index >= 15 is 0 Å². The van der Waals surface area contributed by atoms with Gasteiger partial charge in [-0.2, -0.15) is 0 Å². The van der Waals surface area contributed by atoms with E-state index in [9.17, 15) is 5.11 Å². The molecule has 0 spiro atoms. The van der Waals surface area contributed by atoms with Crippen LogP contribution in [0.2, 0.25) is 0 Å². The molecule has 6 nitrogen and oxygen atoms in total. The van der Waals surface area contributed by atoms with Crippen LogP contribution in [0.3, 0.4) is 0 Å². The summed E-state index contributed by atoms with van der Waals surface area (Å²) in [5.74, 6) is 2.49. The van der Waals surface area contributed by atoms with Gasteiger partial charge in [0.1, 0.15) is 11.5 Å². The first-order chi connectivity index (χ1) is 15.1. The van der Waals surface area contributed by atoms with Gasteiger partial charge in [0.05, 0.1) is 12.6 Å². The number of halogens is 1. The Labute approximate surface area is 209 Å². The average molecular weight is 553 g/mol. The number of benzene rings is 2. The minimum Gasteiger partial charge on any atom is -0.457 e. The smallest absolute Gasteiger partial charge is 0.191 e. The van der Waals surface area contributed by atoms with Crippen LogP contribution in [0.4, 0.5) is 0 Å². The zero-order valence-corrected chi connectivity index (χ0v) is 21.5. The molecule has 0 aromatic heterocycles. The fourth-order valence-electron chi connectivity index (χ4n) is 3.66. The number of ether oxygens (including phenoxy) is 1. The molecule has 0 amide bonds. The van der Waals surface area contributed by atoms with Gasteiger partial charge < -0.3 is 25.4 Å². The number of aliphatic hydroxyl groups excluding tert-OH is 1. The van der Waals surface area contributed by atoms with Crippen molar-refractivity contribution in [1.29, 1.82) is 0 Å². The number of aliphatic hydroxyl groups is 1. The molecule has 1 aliphatic heterocycles. The van der Waals surface area contributed by atoms with Crippen molar-refractivity contribution in [1.82, 2.24) is 15.5 Å². The highest BCUT2D eigenvalue weighted by Crippen LogP contribution is 2.27. The lowest BCUT2D eigenvalue weighted by Crippen LogP contribution is -2.40. The lowest BCUT2D eigenvalue weighted by atomic mass is 10.1. The minimum absolute atomic E-state index is 0. The van der Waals surface area contributed by atoms with Gasteiger partial charge >= 0.3 is 0 Å². The van der Waals surface area contributed by atoms with Crippen molar-refractivity contribution in [3.63, 3.8) is 0 Å². The van der Waals surface area contributed by atoms with Gasteiger partial charge in [0.25, 0.3) is 0 Å². The highest BCUT2D eigenvalue weighted by atomic mass is 127. The first-order valence-corrected chi connectivity index (χ1v) is 11.4. The molecule has 2 aromatic carbocycles. The molecule has 0 bridgehead atoms. The van der Waals surface area contributed by atoms with E-state index in [0.717, 1.165) is 80.6 Å². The number of aliphatic imine (C=N–C) groups is 1. The Hall–Kier alpha value is -1.84. The van der Waals surface area contributed by atoms with Crippen LogP contribution >= 0.6 is 24.0 Å². The second kappa shape index (κ2) is 14.3. The first-order valence-electron chi connectivity index (χ1n) is 11.4. The van der Waals surface area contributed by atoms with E-state index in [2.05, 4.69) is 47.6 Å². The van der Waals surface area contributed by atoms with Gasteiger partial charge in [0.2, 0.25) is 0 Å². The molecular weight excluding hydrogens is 515 g/mol. The molecule has 0 unspecified atom stereocenters. The third-order valence-corrected chi connectivity index (χ3v) is 5.45. The molecule has 176 valence electrons. The van der Waals surface area contributed by atoms with E-state index < -0.39 is 0 Å². The summed E-state index contributed by atoms with van der Waals surface area (Å²) in [7, 11) is 0. The molecule has 7 heteroatoms. The van der Waals surface area contributed by atoms with Crippen molar-refractivity contribution >= 4 is 29.9 Å². The van der Waals surface area contributed by atoms with Crippen molar-refractivity contribution in [2.45, 2.75) is 45.8 Å². The van der Waals surface area contributed by atoms with Gasteiger partial charge in [-0.25, -0.2) is 4.99 Å². The van der Waals surface area contributed by atoms with Gasteiger partial charge in [-0.1, -0.05) is 30.3 Å². The maximum atomic E-state index is 9.63. The first kappa shape index (κ1) is 26.4. The molecule has 0 saturated carbocycles. The fraction of sp³-hybridized carbons (Fsp3) is 0.480. The second-order valence-corrected chi connectivity index (χ2v) is 8.07. The molecule has 1 heterocycles. The fourth-order valence-corrected chi connectivity index (χ4v) is 3.66. The number of likely N-dealkylation sites (tertiary alicyclic amines) is 1. The average Bonchev–Trinajstić information content (AvgIpc) is 2.78. The Kier molecular flexibility index (Phi) is 11.8. The summed E-state index contributed by atoms with van der Waals surface area (Å²) in [6.07, 6.45) is 2.72. The quantitative estimate of drug-likeness (QED) is 0.187. The van der Waals surface area contributed by atoms with E-state index in [4.69, 9.17) is 9.73 Å². The molecule has 1 aliphatic rings. The molecule has 1 saturated heterocycles. The van der Waals surface area contributed by atoms with E-state index in [1.807, 2.05) is 30.3 Å². The maximum absolute atomic E-state index is 9.63. The Morgan fingerprint density at radius 2 is 1.88 bits per heavy atom. The molecule has 1 fully saturated rings. The largest absolute Gasteiger partial charge is 0.457 e. The number of hydrogen-bond donors (Lipinski definition) is 3. The Bertz CT molecular complexity index is 824. The number of nitrogens with zero attached hydrogens (tertiary/aromatic N) is 2. The van der Waals surface area contributed by atoms with Crippen LogP contribution in [0.1, 0.15) is 37.3 Å². The normalized spacial score (nSPS) is 15.2. The van der Waals surface area contributed by atoms with Gasteiger partial charge in [0.15, 0.2) is 5.96 Å². The molecular formula is C25H37IN4O2. The van der Waals surface area contributed by atoms with Gasteiger partial charge in [-0.15, -0.1) is 24.0 Å². The number of aryl methyl sites for hydroxylation is 1. The van der Waals surface area contributed by atoms with Crippen molar-refractivity contribution < 1.29 is 9.84 Å². The van der Waals surface area contributed by atoms with Crippen LogP contribution in [0.15, 0.2) is 53.5 Å². The highest BCUT2D eigenvalue weighted by Gasteiger charge is 2.16. The minimum atomic E-state index is -0.112. The van der Waals surface area contributed by atoms with Crippen LogP contribution in [-0.4, -0.2) is 54.8 Å². The van der Waals surface area contributed by atoms with Gasteiger partial charge in [-0.3, -0.25) is 0 Å². The van der Waals surface area contributed by atoms with Crippen LogP contribution in [-0.2, 0) is 6.54 Å². The molecule has 0 atom stereocenters. The molecule has 3 rings (SSSR count). The molecule has 3 N–H and O–H groups in total. The summed E-state index contributed by atoms with van der Waals surface area (Å²) < 4.78 is 6.12. The third kappa shape index (κ3) is 8.96. The Morgan fingerprint density at radius 3 is 2.59 bits per heavy atom. The van der Waals surface area contributed by atoms with E-state index in [0.29, 0.717) is 6.54 Å². The van der Waals surface area contributed by atoms with Gasteiger partial charge in [0, 0.05) is 31.7 Å². The number of piperidine rings is 1. The zero-order chi connectivity index (χ0) is 21.9. The van der Waals surface area contributed by atoms with Crippen LogP contribution in [0.5, 0.6) is 11.5 Å². The number of rotatable bonds is 9. The van der Waals surface area contributed by atoms with Crippen LogP contribution in [0, 0.1) is 6.92 Å². The lowest BCUT2D eigenvalue weighted by molar-refractivity contribution is 0.0823. The monoisotopic (exact) mass is 552 g/mol. The summed E-state index contributed by atoms with van der Waals surface area (Å²) in [5, 5.41) is 16.4. The van der Waals surface area contributed by atoms with Crippen molar-refractivity contribution in [2.24, 2.45) is 4.99 Å². The summed E-state index contributed by atoms with van der Waals surface area (Å²) in [5.41, 5.74) is 2.22. The van der Waals surface area contributed by atoms with Crippen LogP contribution in [0.25, 0.3) is 0 Å². The topological polar surface area (TPSA) is 69.1 Å². The van der Waals surface area contributed by atoms with E-state index in [1.54, 1.807) is 0 Å². The molecule has 0 radical (unpaired) electrons. The van der Waals surface area contributed by atoms with E-state index in [-0.39, 0.29) is 30.1 Å². The summed E-state index contributed by atoms with van der Waals surface area (Å²) >= 11 is 0. The summed E-state index contributed by atoms with van der Waals surface area (Å²) in [6.45, 7) is 9.41. The number of guanidine groups is 1. The van der Waals surface area contributed by atoms with Crippen molar-refractivity contribution in [2.75, 3.05) is 32.7 Å². The SMILES string of the molecule is CCNC(=NCc1ccc(C)cc1Oc1ccccc1)NCCCN1CCC(O)CC1.I. The van der Waals surface area contributed by atoms with Gasteiger partial charge in [-0.05, 0) is 63.4 Å². The number of para-hydroxylation sites is 1. The van der Waals surface area contributed by atoms with E-state index in [1.165, 1.54) is 0 Å².